The second-order valence-corrected chi connectivity index (χ2v) is 3.38. The quantitative estimate of drug-likeness (QED) is 0.553. The fourth-order valence-electron chi connectivity index (χ4n) is 1.08. The van der Waals surface area contributed by atoms with Crippen LogP contribution in [0.25, 0.3) is 0 Å². The third-order valence-electron chi connectivity index (χ3n) is 1.84. The maximum absolute atomic E-state index is 9.43. The van der Waals surface area contributed by atoms with E-state index >= 15 is 0 Å². The highest BCUT2D eigenvalue weighted by Crippen LogP contribution is 1.88. The van der Waals surface area contributed by atoms with Gasteiger partial charge < -0.3 is 15.3 Å². The van der Waals surface area contributed by atoms with E-state index in [1.807, 2.05) is 0 Å². The number of nitrogens with zero attached hydrogens (tertiary/aromatic N) is 2. The molecule has 1 amide bonds. The summed E-state index contributed by atoms with van der Waals surface area (Å²) in [6.07, 6.45) is 0.750. The first kappa shape index (κ1) is 13.4. The molecule has 1 aliphatic rings. The lowest BCUT2D eigenvalue weighted by atomic mass is 10.4. The molecule has 0 aromatic carbocycles. The lowest BCUT2D eigenvalue weighted by Crippen LogP contribution is -2.44. The lowest BCUT2D eigenvalue weighted by Gasteiger charge is -2.25. The van der Waals surface area contributed by atoms with Gasteiger partial charge in [-0.25, -0.2) is 0 Å². The molecule has 0 spiro atoms. The first-order valence-corrected chi connectivity index (χ1v) is 4.86. The molecule has 1 fully saturated rings. The van der Waals surface area contributed by atoms with E-state index in [1.54, 1.807) is 14.1 Å². The molecule has 84 valence electrons. The summed E-state index contributed by atoms with van der Waals surface area (Å²) >= 11 is 0. The van der Waals surface area contributed by atoms with Crippen molar-refractivity contribution in [3.63, 3.8) is 0 Å². The molecule has 1 aliphatic heterocycles. The molecule has 0 saturated carbocycles. The van der Waals surface area contributed by atoms with Crippen LogP contribution in [-0.2, 0) is 4.79 Å². The fraction of sp³-hybridized carbons (Fsp3) is 0.889. The first-order chi connectivity index (χ1) is 6.70. The van der Waals surface area contributed by atoms with E-state index in [0.29, 0.717) is 6.61 Å². The number of aliphatic hydroxyl groups is 1. The summed E-state index contributed by atoms with van der Waals surface area (Å²) in [6.45, 7) is 5.43. The third-order valence-corrected chi connectivity index (χ3v) is 1.84. The van der Waals surface area contributed by atoms with Crippen LogP contribution in [0.5, 0.6) is 0 Å². The highest BCUT2D eigenvalue weighted by molar-refractivity contribution is 5.45. The molecule has 0 atom stereocenters. The van der Waals surface area contributed by atoms with Crippen molar-refractivity contribution in [1.29, 1.82) is 0 Å². The van der Waals surface area contributed by atoms with E-state index in [2.05, 4.69) is 10.2 Å². The maximum atomic E-state index is 9.43. The van der Waals surface area contributed by atoms with Gasteiger partial charge in [-0.15, -0.1) is 0 Å². The summed E-state index contributed by atoms with van der Waals surface area (Å²) in [6, 6.07) is 0. The lowest BCUT2D eigenvalue weighted by molar-refractivity contribution is -0.115. The predicted molar refractivity (Wildman–Crippen MR) is 56.1 cm³/mol. The Hall–Kier alpha value is -0.650. The van der Waals surface area contributed by atoms with E-state index in [1.165, 1.54) is 4.90 Å². The highest BCUT2D eigenvalue weighted by Gasteiger charge is 2.06. The number of carbonyl (C=O) groups excluding carboxylic acids is 1. The first-order valence-electron chi connectivity index (χ1n) is 4.86. The number of aliphatic hydroxyl groups excluding tert-OH is 1. The number of rotatable bonds is 3. The molecule has 0 radical (unpaired) electrons. The van der Waals surface area contributed by atoms with Gasteiger partial charge in [-0.05, 0) is 0 Å². The summed E-state index contributed by atoms with van der Waals surface area (Å²) in [5.41, 5.74) is 0. The van der Waals surface area contributed by atoms with E-state index in [-0.39, 0.29) is 0 Å². The van der Waals surface area contributed by atoms with Crippen molar-refractivity contribution >= 4 is 6.41 Å². The Morgan fingerprint density at radius 2 is 1.93 bits per heavy atom. The molecule has 1 saturated heterocycles. The fourth-order valence-corrected chi connectivity index (χ4v) is 1.08. The zero-order chi connectivity index (χ0) is 10.8. The standard InChI is InChI=1S/C6H14N2O.C3H7NO/c9-6-5-8-3-1-7-2-4-8;1-4(2)3-5/h7,9H,1-6H2;3H,1-2H3. The van der Waals surface area contributed by atoms with Gasteiger partial charge in [0.05, 0.1) is 6.61 Å². The molecule has 0 aliphatic carbocycles. The van der Waals surface area contributed by atoms with E-state index in [0.717, 1.165) is 39.1 Å². The van der Waals surface area contributed by atoms with Crippen LogP contribution in [0.3, 0.4) is 0 Å². The Morgan fingerprint density at radius 3 is 2.29 bits per heavy atom. The smallest absolute Gasteiger partial charge is 0.209 e. The Labute approximate surface area is 85.7 Å². The van der Waals surface area contributed by atoms with Crippen molar-refractivity contribution < 1.29 is 9.90 Å². The molecule has 1 heterocycles. The summed E-state index contributed by atoms with van der Waals surface area (Å²) in [5, 5.41) is 11.8. The molecular formula is C9H21N3O2. The normalized spacial score (nSPS) is 16.8. The number of amides is 1. The summed E-state index contributed by atoms with van der Waals surface area (Å²) in [5.74, 6) is 0. The van der Waals surface area contributed by atoms with Crippen LogP contribution in [0.2, 0.25) is 0 Å². The Bertz CT molecular complexity index is 133. The van der Waals surface area contributed by atoms with Gasteiger partial charge in [-0.2, -0.15) is 0 Å². The summed E-state index contributed by atoms with van der Waals surface area (Å²) < 4.78 is 0. The minimum Gasteiger partial charge on any atom is -0.395 e. The Morgan fingerprint density at radius 1 is 1.43 bits per heavy atom. The molecular weight excluding hydrogens is 182 g/mol. The van der Waals surface area contributed by atoms with Gasteiger partial charge in [0.15, 0.2) is 0 Å². The topological polar surface area (TPSA) is 55.8 Å². The van der Waals surface area contributed by atoms with Gasteiger partial charge >= 0.3 is 0 Å². The minimum absolute atomic E-state index is 0.292. The monoisotopic (exact) mass is 203 g/mol. The van der Waals surface area contributed by atoms with Crippen LogP contribution in [0.1, 0.15) is 0 Å². The maximum Gasteiger partial charge on any atom is 0.209 e. The van der Waals surface area contributed by atoms with Gasteiger partial charge in [0.1, 0.15) is 0 Å². The predicted octanol–water partition coefficient (Wildman–Crippen LogP) is -1.41. The van der Waals surface area contributed by atoms with Gasteiger partial charge in [-0.1, -0.05) is 0 Å². The van der Waals surface area contributed by atoms with Gasteiger partial charge in [0, 0.05) is 46.8 Å². The SMILES string of the molecule is CN(C)C=O.OCCN1CCNCC1. The third kappa shape index (κ3) is 7.97. The summed E-state index contributed by atoms with van der Waals surface area (Å²) in [7, 11) is 3.38. The van der Waals surface area contributed by atoms with Crippen molar-refractivity contribution in [2.75, 3.05) is 53.4 Å². The Balaban J connectivity index is 0.000000292. The second-order valence-electron chi connectivity index (χ2n) is 3.38. The van der Waals surface area contributed by atoms with Crippen molar-refractivity contribution in [1.82, 2.24) is 15.1 Å². The number of carbonyl (C=O) groups is 1. The Kier molecular flexibility index (Phi) is 8.51. The molecule has 5 nitrogen and oxygen atoms in total. The largest absolute Gasteiger partial charge is 0.395 e. The van der Waals surface area contributed by atoms with Gasteiger partial charge in [0.2, 0.25) is 6.41 Å². The average Bonchev–Trinajstić information content (AvgIpc) is 2.21. The molecule has 0 bridgehead atoms. The zero-order valence-electron chi connectivity index (χ0n) is 9.07. The van der Waals surface area contributed by atoms with Crippen molar-refractivity contribution in [3.05, 3.63) is 0 Å². The van der Waals surface area contributed by atoms with E-state index in [9.17, 15) is 4.79 Å². The number of hydrogen-bond acceptors (Lipinski definition) is 4. The minimum atomic E-state index is 0.292. The average molecular weight is 203 g/mol. The van der Waals surface area contributed by atoms with Crippen LogP contribution in [0, 0.1) is 0 Å². The van der Waals surface area contributed by atoms with Crippen molar-refractivity contribution in [2.45, 2.75) is 0 Å². The molecule has 1 rings (SSSR count). The number of nitrogens with one attached hydrogen (secondary N) is 1. The van der Waals surface area contributed by atoms with Crippen LogP contribution < -0.4 is 5.32 Å². The van der Waals surface area contributed by atoms with Crippen LogP contribution in [0.4, 0.5) is 0 Å². The number of β-amino-alcohol motifs (C(OH)–C–C–N with tert-alkyl or cyclic N) is 1. The molecule has 5 heteroatoms. The van der Waals surface area contributed by atoms with Crippen molar-refractivity contribution in [3.8, 4) is 0 Å². The molecule has 0 aromatic rings. The highest BCUT2D eigenvalue weighted by atomic mass is 16.3. The summed E-state index contributed by atoms with van der Waals surface area (Å²) in [4.78, 5) is 13.1. The molecule has 2 N–H and O–H groups in total. The zero-order valence-corrected chi connectivity index (χ0v) is 9.07. The van der Waals surface area contributed by atoms with Gasteiger partial charge in [0.25, 0.3) is 0 Å². The molecule has 0 unspecified atom stereocenters. The van der Waals surface area contributed by atoms with E-state index < -0.39 is 0 Å². The number of hydrogen-bond donors (Lipinski definition) is 2. The van der Waals surface area contributed by atoms with Crippen LogP contribution in [-0.4, -0.2) is 74.7 Å². The second kappa shape index (κ2) is 8.93. The number of piperazine rings is 1. The van der Waals surface area contributed by atoms with Crippen molar-refractivity contribution in [2.24, 2.45) is 0 Å². The van der Waals surface area contributed by atoms with Crippen LogP contribution >= 0.6 is 0 Å². The molecule has 0 aromatic heterocycles. The van der Waals surface area contributed by atoms with E-state index in [4.69, 9.17) is 5.11 Å². The van der Waals surface area contributed by atoms with Crippen LogP contribution in [0.15, 0.2) is 0 Å². The van der Waals surface area contributed by atoms with Gasteiger partial charge in [-0.3, -0.25) is 9.69 Å². The molecule has 14 heavy (non-hydrogen) atoms.